The summed E-state index contributed by atoms with van der Waals surface area (Å²) in [5.41, 5.74) is 2.82. The third-order valence-corrected chi connectivity index (χ3v) is 4.99. The molecule has 1 aromatic heterocycles. The Hall–Kier alpha value is -3.22. The molecule has 0 aliphatic carbocycles. The number of halogens is 1. The van der Waals surface area contributed by atoms with Gasteiger partial charge in [0.15, 0.2) is 0 Å². The lowest BCUT2D eigenvalue weighted by atomic mass is 10.1. The molecule has 1 saturated heterocycles. The van der Waals surface area contributed by atoms with E-state index in [0.29, 0.717) is 5.52 Å². The molecule has 6 nitrogen and oxygen atoms in total. The van der Waals surface area contributed by atoms with Gasteiger partial charge in [-0.3, -0.25) is 10.1 Å². The summed E-state index contributed by atoms with van der Waals surface area (Å²) in [6, 6.07) is 13.4. The van der Waals surface area contributed by atoms with Gasteiger partial charge in [0.1, 0.15) is 11.6 Å². The number of rotatable bonds is 3. The molecule has 1 aliphatic rings. The molecule has 0 radical (unpaired) electrons. The number of aryl methyl sites for hydroxylation is 1. The number of benzene rings is 2. The summed E-state index contributed by atoms with van der Waals surface area (Å²) in [6.45, 7) is 5.16. The number of aromatic nitrogens is 1. The van der Waals surface area contributed by atoms with Gasteiger partial charge in [-0.15, -0.1) is 0 Å². The maximum Gasteiger partial charge on any atom is 0.269 e. The first kappa shape index (κ1) is 17.2. The van der Waals surface area contributed by atoms with Crippen molar-refractivity contribution in [3.63, 3.8) is 0 Å². The number of hydrogen-bond acceptors (Lipinski definition) is 5. The number of anilines is 2. The Kier molecular flexibility index (Phi) is 4.35. The zero-order chi connectivity index (χ0) is 19.0. The second kappa shape index (κ2) is 6.83. The highest BCUT2D eigenvalue weighted by Gasteiger charge is 2.20. The minimum absolute atomic E-state index is 0.0976. The maximum atomic E-state index is 13.6. The molecule has 0 N–H and O–H groups in total. The van der Waals surface area contributed by atoms with Crippen LogP contribution >= 0.6 is 0 Å². The fourth-order valence-corrected chi connectivity index (χ4v) is 3.50. The van der Waals surface area contributed by atoms with Crippen molar-refractivity contribution in [2.24, 2.45) is 0 Å². The highest BCUT2D eigenvalue weighted by atomic mass is 19.1. The number of nitro groups is 1. The van der Waals surface area contributed by atoms with Crippen molar-refractivity contribution >= 4 is 28.1 Å². The van der Waals surface area contributed by atoms with Gasteiger partial charge >= 0.3 is 0 Å². The summed E-state index contributed by atoms with van der Waals surface area (Å²) in [6.07, 6.45) is 0. The zero-order valence-electron chi connectivity index (χ0n) is 14.9. The molecule has 0 bridgehead atoms. The van der Waals surface area contributed by atoms with Gasteiger partial charge < -0.3 is 9.80 Å². The SMILES string of the molecule is Cc1cc(N2CCN(c3ccc([N+](=O)[O-])cc3)CC2)nc2cc(F)ccc12. The van der Waals surface area contributed by atoms with Crippen LogP contribution in [0.2, 0.25) is 0 Å². The van der Waals surface area contributed by atoms with Crippen LogP contribution in [0.1, 0.15) is 5.56 Å². The molecule has 3 aromatic rings. The summed E-state index contributed by atoms with van der Waals surface area (Å²) >= 11 is 0. The first-order chi connectivity index (χ1) is 13.0. The number of nitrogens with zero attached hydrogens (tertiary/aromatic N) is 4. The molecule has 1 fully saturated rings. The molecule has 7 heteroatoms. The fourth-order valence-electron chi connectivity index (χ4n) is 3.50. The average molecular weight is 366 g/mol. The Morgan fingerprint density at radius 3 is 2.33 bits per heavy atom. The number of piperazine rings is 1. The van der Waals surface area contributed by atoms with Crippen LogP contribution in [0.4, 0.5) is 21.6 Å². The third kappa shape index (κ3) is 3.40. The Morgan fingerprint density at radius 2 is 1.67 bits per heavy atom. The Morgan fingerprint density at radius 1 is 1.00 bits per heavy atom. The standard InChI is InChI=1S/C20H19FN4O2/c1-14-12-20(22-19-13-15(21)2-7-18(14)19)24-10-8-23(9-11-24)16-3-5-17(6-4-16)25(26)27/h2-7,12-13H,8-11H2,1H3. The van der Waals surface area contributed by atoms with Crippen molar-refractivity contribution in [2.45, 2.75) is 6.92 Å². The van der Waals surface area contributed by atoms with Crippen molar-refractivity contribution in [1.29, 1.82) is 0 Å². The van der Waals surface area contributed by atoms with Crippen molar-refractivity contribution in [1.82, 2.24) is 4.98 Å². The van der Waals surface area contributed by atoms with E-state index in [-0.39, 0.29) is 11.5 Å². The average Bonchev–Trinajstić information content (AvgIpc) is 2.68. The molecule has 2 aromatic carbocycles. The fraction of sp³-hybridized carbons (Fsp3) is 0.250. The molecule has 138 valence electrons. The lowest BCUT2D eigenvalue weighted by Crippen LogP contribution is -2.46. The minimum atomic E-state index is -0.391. The van der Waals surface area contributed by atoms with Crippen LogP contribution in [-0.2, 0) is 0 Å². The van der Waals surface area contributed by atoms with E-state index in [4.69, 9.17) is 0 Å². The summed E-state index contributed by atoms with van der Waals surface area (Å²) in [4.78, 5) is 19.4. The molecule has 27 heavy (non-hydrogen) atoms. The Labute approximate surface area is 156 Å². The molecular weight excluding hydrogens is 347 g/mol. The van der Waals surface area contributed by atoms with Gasteiger partial charge in [-0.1, -0.05) is 0 Å². The minimum Gasteiger partial charge on any atom is -0.368 e. The number of nitro benzene ring substituents is 1. The van der Waals surface area contributed by atoms with E-state index < -0.39 is 4.92 Å². The normalized spacial score (nSPS) is 14.6. The monoisotopic (exact) mass is 366 g/mol. The second-order valence-electron chi connectivity index (χ2n) is 6.71. The van der Waals surface area contributed by atoms with E-state index in [1.165, 1.54) is 24.3 Å². The van der Waals surface area contributed by atoms with Gasteiger partial charge in [0.2, 0.25) is 0 Å². The van der Waals surface area contributed by atoms with E-state index >= 15 is 0 Å². The number of pyridine rings is 1. The molecule has 1 aliphatic heterocycles. The molecule has 2 heterocycles. The molecule has 0 unspecified atom stereocenters. The lowest BCUT2D eigenvalue weighted by molar-refractivity contribution is -0.384. The van der Waals surface area contributed by atoms with Crippen LogP contribution in [0.3, 0.4) is 0 Å². The predicted molar refractivity (Wildman–Crippen MR) is 104 cm³/mol. The van der Waals surface area contributed by atoms with Gasteiger partial charge in [-0.2, -0.15) is 0 Å². The van der Waals surface area contributed by atoms with E-state index in [1.54, 1.807) is 18.2 Å². The summed E-state index contributed by atoms with van der Waals surface area (Å²) in [7, 11) is 0. The van der Waals surface area contributed by atoms with E-state index in [9.17, 15) is 14.5 Å². The number of non-ortho nitro benzene ring substituents is 1. The van der Waals surface area contributed by atoms with E-state index in [2.05, 4.69) is 14.8 Å². The van der Waals surface area contributed by atoms with Crippen molar-refractivity contribution in [3.05, 3.63) is 70.0 Å². The molecule has 0 atom stereocenters. The van der Waals surface area contributed by atoms with Crippen LogP contribution in [0.5, 0.6) is 0 Å². The van der Waals surface area contributed by atoms with Crippen molar-refractivity contribution in [2.75, 3.05) is 36.0 Å². The van der Waals surface area contributed by atoms with E-state index in [0.717, 1.165) is 48.6 Å². The van der Waals surface area contributed by atoms with Gasteiger partial charge in [0, 0.05) is 55.5 Å². The second-order valence-corrected chi connectivity index (χ2v) is 6.71. The smallest absolute Gasteiger partial charge is 0.269 e. The first-order valence-corrected chi connectivity index (χ1v) is 8.82. The summed E-state index contributed by atoms with van der Waals surface area (Å²) in [5.74, 6) is 0.573. The molecular formula is C20H19FN4O2. The summed E-state index contributed by atoms with van der Waals surface area (Å²) in [5, 5.41) is 11.7. The molecule has 0 amide bonds. The van der Waals surface area contributed by atoms with Crippen molar-refractivity contribution in [3.8, 4) is 0 Å². The van der Waals surface area contributed by atoms with Gasteiger partial charge in [-0.25, -0.2) is 9.37 Å². The van der Waals surface area contributed by atoms with Crippen molar-refractivity contribution < 1.29 is 9.31 Å². The Bertz CT molecular complexity index is 999. The van der Waals surface area contributed by atoms with Crippen LogP contribution < -0.4 is 9.80 Å². The number of hydrogen-bond donors (Lipinski definition) is 0. The molecule has 4 rings (SSSR count). The summed E-state index contributed by atoms with van der Waals surface area (Å²) < 4.78 is 13.6. The van der Waals surface area contributed by atoms with E-state index in [1.807, 2.05) is 13.0 Å². The highest BCUT2D eigenvalue weighted by molar-refractivity contribution is 5.84. The van der Waals surface area contributed by atoms with Crippen LogP contribution in [0.25, 0.3) is 10.9 Å². The van der Waals surface area contributed by atoms with Crippen LogP contribution in [0.15, 0.2) is 48.5 Å². The quantitative estimate of drug-likeness (QED) is 0.519. The first-order valence-electron chi connectivity index (χ1n) is 8.82. The third-order valence-electron chi connectivity index (χ3n) is 4.99. The molecule has 0 spiro atoms. The largest absolute Gasteiger partial charge is 0.368 e. The topological polar surface area (TPSA) is 62.5 Å². The molecule has 0 saturated carbocycles. The van der Waals surface area contributed by atoms with Gasteiger partial charge in [0.25, 0.3) is 5.69 Å². The highest BCUT2D eigenvalue weighted by Crippen LogP contribution is 2.26. The van der Waals surface area contributed by atoms with Crippen LogP contribution in [-0.4, -0.2) is 36.1 Å². The Balaban J connectivity index is 1.50. The predicted octanol–water partition coefficient (Wildman–Crippen LogP) is 3.92. The number of fused-ring (bicyclic) bond motifs is 1. The zero-order valence-corrected chi connectivity index (χ0v) is 14.9. The van der Waals surface area contributed by atoms with Crippen LogP contribution in [0, 0.1) is 22.9 Å². The lowest BCUT2D eigenvalue weighted by Gasteiger charge is -2.37. The maximum absolute atomic E-state index is 13.6. The van der Waals surface area contributed by atoms with Gasteiger partial charge in [0.05, 0.1) is 10.4 Å². The van der Waals surface area contributed by atoms with Gasteiger partial charge in [-0.05, 0) is 42.8 Å².